The summed E-state index contributed by atoms with van der Waals surface area (Å²) < 4.78 is 10.7. The fraction of sp³-hybridized carbons (Fsp3) is 0.381. The first-order valence-electron chi connectivity index (χ1n) is 9.17. The number of carbonyl (C=O) groups is 1. The molecule has 1 saturated heterocycles. The fourth-order valence-corrected chi connectivity index (χ4v) is 3.39. The Morgan fingerprint density at radius 2 is 1.93 bits per heavy atom. The first kappa shape index (κ1) is 19.0. The zero-order valence-electron chi connectivity index (χ0n) is 15.9. The van der Waals surface area contributed by atoms with Crippen LogP contribution in [0.5, 0.6) is 11.5 Å². The molecular formula is C21H27N3O3. The average Bonchev–Trinajstić information content (AvgIpc) is 3.14. The van der Waals surface area contributed by atoms with Gasteiger partial charge in [-0.15, -0.1) is 0 Å². The summed E-state index contributed by atoms with van der Waals surface area (Å²) in [7, 11) is 3.24. The van der Waals surface area contributed by atoms with Crippen molar-refractivity contribution in [2.75, 3.05) is 27.3 Å². The van der Waals surface area contributed by atoms with E-state index >= 15 is 0 Å². The number of methoxy groups -OCH3 is 2. The van der Waals surface area contributed by atoms with Crippen LogP contribution in [0.15, 0.2) is 48.5 Å². The lowest BCUT2D eigenvalue weighted by Crippen LogP contribution is -2.42. The van der Waals surface area contributed by atoms with Gasteiger partial charge in [0.25, 0.3) is 0 Å². The number of nitrogens with zero attached hydrogens (tertiary/aromatic N) is 1. The molecule has 1 aliphatic heterocycles. The Bertz CT molecular complexity index is 767. The summed E-state index contributed by atoms with van der Waals surface area (Å²) in [6.45, 7) is 1.30. The van der Waals surface area contributed by atoms with Crippen LogP contribution in [0.1, 0.15) is 23.6 Å². The smallest absolute Gasteiger partial charge is 0.317 e. The van der Waals surface area contributed by atoms with Crippen LogP contribution in [-0.4, -0.2) is 44.3 Å². The maximum absolute atomic E-state index is 12.7. The van der Waals surface area contributed by atoms with Crippen molar-refractivity contribution in [3.8, 4) is 11.5 Å². The molecular weight excluding hydrogens is 342 g/mol. The second-order valence-electron chi connectivity index (χ2n) is 6.80. The predicted octanol–water partition coefficient (Wildman–Crippen LogP) is 2.73. The van der Waals surface area contributed by atoms with Gasteiger partial charge in [-0.2, -0.15) is 0 Å². The molecule has 27 heavy (non-hydrogen) atoms. The number of carbonyl (C=O) groups excluding carboxylic acids is 1. The highest BCUT2D eigenvalue weighted by atomic mass is 16.5. The van der Waals surface area contributed by atoms with E-state index in [2.05, 4.69) is 5.32 Å². The molecule has 0 spiro atoms. The SMILES string of the molecule is COc1ccc(CC(NC(=O)N2CCC(N)C2)c2ccccc2)cc1OC. The van der Waals surface area contributed by atoms with Gasteiger partial charge < -0.3 is 25.4 Å². The van der Waals surface area contributed by atoms with Crippen LogP contribution in [0, 0.1) is 0 Å². The summed E-state index contributed by atoms with van der Waals surface area (Å²) in [5, 5.41) is 3.17. The number of hydrogen-bond donors (Lipinski definition) is 2. The molecule has 1 aliphatic rings. The maximum atomic E-state index is 12.7. The quantitative estimate of drug-likeness (QED) is 0.821. The number of rotatable bonds is 6. The highest BCUT2D eigenvalue weighted by molar-refractivity contribution is 5.75. The number of hydrogen-bond acceptors (Lipinski definition) is 4. The number of nitrogens with two attached hydrogens (primary N) is 1. The van der Waals surface area contributed by atoms with Gasteiger partial charge in [0.2, 0.25) is 0 Å². The van der Waals surface area contributed by atoms with Gasteiger partial charge in [-0.25, -0.2) is 4.79 Å². The van der Waals surface area contributed by atoms with Crippen molar-refractivity contribution in [1.29, 1.82) is 0 Å². The van der Waals surface area contributed by atoms with Crippen molar-refractivity contribution in [2.24, 2.45) is 5.73 Å². The summed E-state index contributed by atoms with van der Waals surface area (Å²) in [5.41, 5.74) is 8.06. The average molecular weight is 369 g/mol. The number of ether oxygens (including phenoxy) is 2. The third-order valence-corrected chi connectivity index (χ3v) is 4.90. The van der Waals surface area contributed by atoms with Crippen molar-refractivity contribution in [2.45, 2.75) is 24.9 Å². The summed E-state index contributed by atoms with van der Waals surface area (Å²) in [6, 6.07) is 15.7. The molecule has 2 aromatic carbocycles. The van der Waals surface area contributed by atoms with Gasteiger partial charge in [-0.05, 0) is 36.1 Å². The molecule has 6 heteroatoms. The lowest BCUT2D eigenvalue weighted by molar-refractivity contribution is 0.204. The summed E-state index contributed by atoms with van der Waals surface area (Å²) in [5.74, 6) is 1.37. The van der Waals surface area contributed by atoms with E-state index < -0.39 is 0 Å². The molecule has 1 heterocycles. The zero-order chi connectivity index (χ0) is 19.2. The third kappa shape index (κ3) is 4.71. The molecule has 6 nitrogen and oxygen atoms in total. The Labute approximate surface area is 160 Å². The highest BCUT2D eigenvalue weighted by Gasteiger charge is 2.26. The van der Waals surface area contributed by atoms with E-state index in [0.29, 0.717) is 31.0 Å². The monoisotopic (exact) mass is 369 g/mol. The second-order valence-corrected chi connectivity index (χ2v) is 6.80. The van der Waals surface area contributed by atoms with E-state index in [9.17, 15) is 4.79 Å². The normalized spacial score (nSPS) is 17.4. The van der Waals surface area contributed by atoms with E-state index in [1.54, 1.807) is 19.1 Å². The molecule has 3 N–H and O–H groups in total. The van der Waals surface area contributed by atoms with Crippen LogP contribution in [0.2, 0.25) is 0 Å². The van der Waals surface area contributed by atoms with Crippen LogP contribution in [0.4, 0.5) is 4.79 Å². The van der Waals surface area contributed by atoms with Gasteiger partial charge in [0.1, 0.15) is 0 Å². The van der Waals surface area contributed by atoms with E-state index in [1.165, 1.54) is 0 Å². The standard InChI is InChI=1S/C21H27N3O3/c1-26-19-9-8-15(13-20(19)27-2)12-18(16-6-4-3-5-7-16)23-21(25)24-11-10-17(22)14-24/h3-9,13,17-18H,10-12,14,22H2,1-2H3,(H,23,25). The molecule has 0 bridgehead atoms. The minimum absolute atomic E-state index is 0.0665. The van der Waals surface area contributed by atoms with E-state index in [1.807, 2.05) is 48.5 Å². The Morgan fingerprint density at radius 1 is 1.19 bits per heavy atom. The van der Waals surface area contributed by atoms with E-state index in [-0.39, 0.29) is 18.1 Å². The van der Waals surface area contributed by atoms with Crippen molar-refractivity contribution < 1.29 is 14.3 Å². The lowest BCUT2D eigenvalue weighted by atomic mass is 9.98. The van der Waals surface area contributed by atoms with Crippen LogP contribution >= 0.6 is 0 Å². The molecule has 2 aromatic rings. The predicted molar refractivity (Wildman–Crippen MR) is 105 cm³/mol. The van der Waals surface area contributed by atoms with Gasteiger partial charge in [0.05, 0.1) is 20.3 Å². The topological polar surface area (TPSA) is 76.8 Å². The second kappa shape index (κ2) is 8.77. The molecule has 0 aromatic heterocycles. The number of likely N-dealkylation sites (tertiary alicyclic amines) is 1. The van der Waals surface area contributed by atoms with Crippen LogP contribution in [0.3, 0.4) is 0 Å². The molecule has 0 radical (unpaired) electrons. The summed E-state index contributed by atoms with van der Waals surface area (Å²) in [6.07, 6.45) is 1.50. The summed E-state index contributed by atoms with van der Waals surface area (Å²) >= 11 is 0. The van der Waals surface area contributed by atoms with Crippen molar-refractivity contribution in [3.05, 3.63) is 59.7 Å². The molecule has 2 unspecified atom stereocenters. The van der Waals surface area contributed by atoms with Gasteiger partial charge >= 0.3 is 6.03 Å². The minimum atomic E-state index is -0.145. The maximum Gasteiger partial charge on any atom is 0.317 e. The van der Waals surface area contributed by atoms with Crippen LogP contribution in [-0.2, 0) is 6.42 Å². The fourth-order valence-electron chi connectivity index (χ4n) is 3.39. The number of urea groups is 1. The summed E-state index contributed by atoms with van der Waals surface area (Å²) in [4.78, 5) is 14.5. The molecule has 2 amide bonds. The Balaban J connectivity index is 1.79. The van der Waals surface area contributed by atoms with Gasteiger partial charge in [-0.1, -0.05) is 36.4 Å². The Morgan fingerprint density at radius 3 is 2.56 bits per heavy atom. The largest absolute Gasteiger partial charge is 0.493 e. The molecule has 0 aliphatic carbocycles. The minimum Gasteiger partial charge on any atom is -0.493 e. The molecule has 3 rings (SSSR count). The van der Waals surface area contributed by atoms with E-state index in [0.717, 1.165) is 17.5 Å². The first-order chi connectivity index (χ1) is 13.1. The van der Waals surface area contributed by atoms with Gasteiger partial charge in [-0.3, -0.25) is 0 Å². The van der Waals surface area contributed by atoms with Crippen molar-refractivity contribution >= 4 is 6.03 Å². The Hall–Kier alpha value is -2.73. The molecule has 2 atom stereocenters. The molecule has 144 valence electrons. The first-order valence-corrected chi connectivity index (χ1v) is 9.17. The Kier molecular flexibility index (Phi) is 6.19. The van der Waals surface area contributed by atoms with Crippen molar-refractivity contribution in [3.63, 3.8) is 0 Å². The van der Waals surface area contributed by atoms with E-state index in [4.69, 9.17) is 15.2 Å². The highest BCUT2D eigenvalue weighted by Crippen LogP contribution is 2.29. The van der Waals surface area contributed by atoms with Crippen molar-refractivity contribution in [1.82, 2.24) is 10.2 Å². The van der Waals surface area contributed by atoms with Gasteiger partial charge in [0.15, 0.2) is 11.5 Å². The number of benzene rings is 2. The number of nitrogens with one attached hydrogen (secondary N) is 1. The zero-order valence-corrected chi connectivity index (χ0v) is 15.9. The third-order valence-electron chi connectivity index (χ3n) is 4.90. The van der Waals surface area contributed by atoms with Crippen LogP contribution < -0.4 is 20.5 Å². The molecule has 0 saturated carbocycles. The molecule has 1 fully saturated rings. The number of amides is 2. The van der Waals surface area contributed by atoms with Gasteiger partial charge in [0, 0.05) is 19.1 Å². The van der Waals surface area contributed by atoms with Crippen LogP contribution in [0.25, 0.3) is 0 Å². The lowest BCUT2D eigenvalue weighted by Gasteiger charge is -2.24.